The molecular formula is C26H31N3O4. The Morgan fingerprint density at radius 2 is 1.58 bits per heavy atom. The van der Waals surface area contributed by atoms with E-state index in [-0.39, 0.29) is 32.1 Å². The molecule has 0 radical (unpaired) electrons. The topological polar surface area (TPSA) is 84.8 Å². The Morgan fingerprint density at radius 1 is 0.970 bits per heavy atom. The van der Waals surface area contributed by atoms with Crippen LogP contribution in [0.25, 0.3) is 22.5 Å². The van der Waals surface area contributed by atoms with Crippen LogP contribution in [0.15, 0.2) is 66.9 Å². The lowest BCUT2D eigenvalue weighted by molar-refractivity contribution is -0.142. The van der Waals surface area contributed by atoms with E-state index in [1.54, 1.807) is 6.20 Å². The van der Waals surface area contributed by atoms with Gasteiger partial charge in [0.15, 0.2) is 0 Å². The lowest BCUT2D eigenvalue weighted by atomic mass is 10.0. The summed E-state index contributed by atoms with van der Waals surface area (Å²) in [5.74, 6) is -0.269. The predicted octanol–water partition coefficient (Wildman–Crippen LogP) is 4.88. The third-order valence-corrected chi connectivity index (χ3v) is 5.10. The van der Waals surface area contributed by atoms with Gasteiger partial charge in [0.25, 0.3) is 0 Å². The fourth-order valence-corrected chi connectivity index (χ4v) is 3.65. The van der Waals surface area contributed by atoms with E-state index < -0.39 is 5.97 Å². The molecule has 1 atom stereocenters. The molecule has 2 aromatic carbocycles. The molecule has 0 aliphatic heterocycles. The van der Waals surface area contributed by atoms with Crippen LogP contribution in [0.1, 0.15) is 27.2 Å². The first-order chi connectivity index (χ1) is 16.0. The Labute approximate surface area is 195 Å². The van der Waals surface area contributed by atoms with Gasteiger partial charge in [0.2, 0.25) is 0 Å². The zero-order chi connectivity index (χ0) is 23.6. The standard InChI is InChI=1S/C26H31N3O4/c1-4-23(33-16-15-32-18-24(30)31)29(19(2)3)22-17-27-25(20-11-7-5-8-12-20)26(28-22)21-13-9-6-10-14-21/h5-14,17,19,23H,4,15-16,18H2,1-3H3,(H,30,31)/t23-/m0/s1. The molecule has 0 aliphatic rings. The van der Waals surface area contributed by atoms with Gasteiger partial charge in [-0.2, -0.15) is 0 Å². The van der Waals surface area contributed by atoms with Crippen LogP contribution in [-0.2, 0) is 14.3 Å². The van der Waals surface area contributed by atoms with Crippen LogP contribution in [-0.4, -0.2) is 53.1 Å². The molecule has 1 heterocycles. The lowest BCUT2D eigenvalue weighted by Crippen LogP contribution is -2.43. The first kappa shape index (κ1) is 24.4. The van der Waals surface area contributed by atoms with E-state index in [9.17, 15) is 4.79 Å². The number of carbonyl (C=O) groups is 1. The summed E-state index contributed by atoms with van der Waals surface area (Å²) in [5, 5.41) is 8.71. The Hall–Kier alpha value is -3.29. The van der Waals surface area contributed by atoms with Crippen molar-refractivity contribution in [3.8, 4) is 22.5 Å². The summed E-state index contributed by atoms with van der Waals surface area (Å²) in [6.07, 6.45) is 2.26. The normalized spacial score (nSPS) is 12.0. The number of hydrogen-bond acceptors (Lipinski definition) is 6. The lowest BCUT2D eigenvalue weighted by Gasteiger charge is -2.35. The molecule has 0 saturated heterocycles. The van der Waals surface area contributed by atoms with Gasteiger partial charge in [-0.15, -0.1) is 0 Å². The van der Waals surface area contributed by atoms with Crippen LogP contribution < -0.4 is 4.90 Å². The zero-order valence-corrected chi connectivity index (χ0v) is 19.3. The van der Waals surface area contributed by atoms with Gasteiger partial charge in [0.05, 0.1) is 30.8 Å². The number of benzene rings is 2. The smallest absolute Gasteiger partial charge is 0.329 e. The third kappa shape index (κ3) is 6.60. The van der Waals surface area contributed by atoms with Gasteiger partial charge in [-0.25, -0.2) is 9.78 Å². The molecule has 3 aromatic rings. The summed E-state index contributed by atoms with van der Waals surface area (Å²) in [7, 11) is 0. The number of carboxylic acid groups (broad SMARTS) is 1. The van der Waals surface area contributed by atoms with Crippen LogP contribution in [0.2, 0.25) is 0 Å². The molecule has 0 amide bonds. The predicted molar refractivity (Wildman–Crippen MR) is 129 cm³/mol. The maximum absolute atomic E-state index is 10.6. The average Bonchev–Trinajstić information content (AvgIpc) is 2.83. The second kappa shape index (κ2) is 12.1. The van der Waals surface area contributed by atoms with Gasteiger partial charge in [-0.1, -0.05) is 67.6 Å². The monoisotopic (exact) mass is 449 g/mol. The van der Waals surface area contributed by atoms with E-state index in [0.29, 0.717) is 0 Å². The molecule has 0 aliphatic carbocycles. The molecule has 7 heteroatoms. The zero-order valence-electron chi connectivity index (χ0n) is 19.3. The maximum atomic E-state index is 10.6. The number of nitrogens with zero attached hydrogens (tertiary/aromatic N) is 3. The van der Waals surface area contributed by atoms with Crippen molar-refractivity contribution in [1.29, 1.82) is 0 Å². The molecular weight excluding hydrogens is 418 g/mol. The van der Waals surface area contributed by atoms with E-state index in [1.807, 2.05) is 67.6 Å². The van der Waals surface area contributed by atoms with Crippen LogP contribution in [0.5, 0.6) is 0 Å². The van der Waals surface area contributed by atoms with E-state index in [0.717, 1.165) is 34.8 Å². The summed E-state index contributed by atoms with van der Waals surface area (Å²) >= 11 is 0. The molecule has 7 nitrogen and oxygen atoms in total. The molecule has 3 rings (SSSR count). The summed E-state index contributed by atoms with van der Waals surface area (Å²) in [5.41, 5.74) is 3.63. The van der Waals surface area contributed by atoms with E-state index >= 15 is 0 Å². The highest BCUT2D eigenvalue weighted by molar-refractivity contribution is 5.78. The average molecular weight is 450 g/mol. The fourth-order valence-electron chi connectivity index (χ4n) is 3.65. The largest absolute Gasteiger partial charge is 0.480 e. The summed E-state index contributed by atoms with van der Waals surface area (Å²) in [4.78, 5) is 22.6. The van der Waals surface area contributed by atoms with Crippen LogP contribution in [0, 0.1) is 0 Å². The van der Waals surface area contributed by atoms with E-state index in [2.05, 4.69) is 18.7 Å². The summed E-state index contributed by atoms with van der Waals surface area (Å²) in [6, 6.07) is 20.2. The Kier molecular flexibility index (Phi) is 8.92. The minimum Gasteiger partial charge on any atom is -0.480 e. The van der Waals surface area contributed by atoms with Crippen molar-refractivity contribution in [3.05, 3.63) is 66.9 Å². The number of aromatic nitrogens is 2. The quantitative estimate of drug-likeness (QED) is 0.312. The van der Waals surface area contributed by atoms with Crippen LogP contribution in [0.4, 0.5) is 5.82 Å². The van der Waals surface area contributed by atoms with Gasteiger partial charge < -0.3 is 19.5 Å². The molecule has 33 heavy (non-hydrogen) atoms. The highest BCUT2D eigenvalue weighted by Gasteiger charge is 2.24. The van der Waals surface area contributed by atoms with Crippen molar-refractivity contribution in [1.82, 2.24) is 9.97 Å². The van der Waals surface area contributed by atoms with Crippen molar-refractivity contribution in [2.45, 2.75) is 39.5 Å². The van der Waals surface area contributed by atoms with Crippen molar-refractivity contribution in [3.63, 3.8) is 0 Å². The van der Waals surface area contributed by atoms with Gasteiger partial charge in [0.1, 0.15) is 18.7 Å². The van der Waals surface area contributed by atoms with Crippen LogP contribution >= 0.6 is 0 Å². The van der Waals surface area contributed by atoms with Gasteiger partial charge >= 0.3 is 5.97 Å². The first-order valence-corrected chi connectivity index (χ1v) is 11.2. The number of ether oxygens (including phenoxy) is 2. The number of anilines is 1. The molecule has 0 saturated carbocycles. The summed E-state index contributed by atoms with van der Waals surface area (Å²) in [6.45, 7) is 6.38. The third-order valence-electron chi connectivity index (χ3n) is 5.10. The molecule has 0 spiro atoms. The molecule has 0 fully saturated rings. The second-order valence-electron chi connectivity index (χ2n) is 7.84. The van der Waals surface area contributed by atoms with Gasteiger partial charge in [0, 0.05) is 17.2 Å². The number of hydrogen-bond donors (Lipinski definition) is 1. The molecule has 0 bridgehead atoms. The van der Waals surface area contributed by atoms with Crippen molar-refractivity contribution >= 4 is 11.8 Å². The molecule has 1 N–H and O–H groups in total. The minimum absolute atomic E-state index is 0.107. The van der Waals surface area contributed by atoms with Crippen molar-refractivity contribution in [2.75, 3.05) is 24.7 Å². The highest BCUT2D eigenvalue weighted by atomic mass is 16.5. The van der Waals surface area contributed by atoms with E-state index in [1.165, 1.54) is 0 Å². The van der Waals surface area contributed by atoms with Gasteiger partial charge in [-0.3, -0.25) is 4.98 Å². The fraction of sp³-hybridized carbons (Fsp3) is 0.346. The van der Waals surface area contributed by atoms with Gasteiger partial charge in [-0.05, 0) is 20.3 Å². The summed E-state index contributed by atoms with van der Waals surface area (Å²) < 4.78 is 11.2. The molecule has 0 unspecified atom stereocenters. The maximum Gasteiger partial charge on any atom is 0.329 e. The molecule has 1 aromatic heterocycles. The number of aliphatic carboxylic acids is 1. The van der Waals surface area contributed by atoms with Crippen molar-refractivity contribution < 1.29 is 19.4 Å². The Morgan fingerprint density at radius 3 is 2.12 bits per heavy atom. The SMILES string of the molecule is CC[C@H](OCCOCC(=O)O)N(c1cnc(-c2ccccc2)c(-c2ccccc2)n1)C(C)C. The first-order valence-electron chi connectivity index (χ1n) is 11.2. The number of carboxylic acids is 1. The van der Waals surface area contributed by atoms with Crippen molar-refractivity contribution in [2.24, 2.45) is 0 Å². The molecule has 174 valence electrons. The van der Waals surface area contributed by atoms with E-state index in [4.69, 9.17) is 24.5 Å². The Balaban J connectivity index is 1.92. The highest BCUT2D eigenvalue weighted by Crippen LogP contribution is 2.31. The minimum atomic E-state index is -0.993. The second-order valence-corrected chi connectivity index (χ2v) is 7.84. The Bertz CT molecular complexity index is 1010. The van der Waals surface area contributed by atoms with Crippen LogP contribution in [0.3, 0.4) is 0 Å². The number of rotatable bonds is 12.